The Hall–Kier alpha value is -2.06. The first kappa shape index (κ1) is 18.3. The van der Waals surface area contributed by atoms with Crippen LogP contribution in [0.1, 0.15) is 22.8 Å². The minimum Gasteiger partial charge on any atom is -0.507 e. The Morgan fingerprint density at radius 2 is 2.04 bits per heavy atom. The van der Waals surface area contributed by atoms with Gasteiger partial charge in [0.15, 0.2) is 11.5 Å². The molecule has 1 amide bonds. The molecule has 0 aromatic heterocycles. The van der Waals surface area contributed by atoms with Crippen molar-refractivity contribution in [1.29, 1.82) is 0 Å². The van der Waals surface area contributed by atoms with E-state index in [0.717, 1.165) is 0 Å². The number of hydrogen-bond donors (Lipinski definition) is 3. The van der Waals surface area contributed by atoms with E-state index in [9.17, 15) is 15.0 Å². The maximum absolute atomic E-state index is 12.0. The highest BCUT2D eigenvalue weighted by atomic mass is 79.9. The van der Waals surface area contributed by atoms with Gasteiger partial charge in [0.05, 0.1) is 22.9 Å². The number of nitrogens with one attached hydrogen (secondary N) is 1. The summed E-state index contributed by atoms with van der Waals surface area (Å²) in [5.41, 5.74) is 3.05. The number of hydrazone groups is 1. The largest absolute Gasteiger partial charge is 0.507 e. The van der Waals surface area contributed by atoms with Gasteiger partial charge < -0.3 is 14.9 Å². The lowest BCUT2D eigenvalue weighted by Gasteiger charge is -2.08. The summed E-state index contributed by atoms with van der Waals surface area (Å²) in [6.45, 7) is 2.21. The Morgan fingerprint density at radius 1 is 1.29 bits per heavy atom. The van der Waals surface area contributed by atoms with E-state index in [-0.39, 0.29) is 17.1 Å². The molecular weight excluding hydrogens is 444 g/mol. The van der Waals surface area contributed by atoms with Gasteiger partial charge in [-0.05, 0) is 58.7 Å². The molecule has 0 unspecified atom stereocenters. The van der Waals surface area contributed by atoms with Gasteiger partial charge in [-0.25, -0.2) is 5.43 Å². The van der Waals surface area contributed by atoms with Crippen molar-refractivity contribution in [2.45, 2.75) is 6.92 Å². The Balaban J connectivity index is 2.14. The molecule has 0 bridgehead atoms. The molecule has 6 nitrogen and oxygen atoms in total. The summed E-state index contributed by atoms with van der Waals surface area (Å²) in [7, 11) is 0. The molecule has 0 atom stereocenters. The molecule has 0 spiro atoms. The predicted molar refractivity (Wildman–Crippen MR) is 97.8 cm³/mol. The average Bonchev–Trinajstić information content (AvgIpc) is 2.54. The number of hydrogen-bond acceptors (Lipinski definition) is 5. The van der Waals surface area contributed by atoms with Crippen LogP contribution in [0.15, 0.2) is 44.4 Å². The number of rotatable bonds is 5. The van der Waals surface area contributed by atoms with E-state index in [1.165, 1.54) is 18.3 Å². The van der Waals surface area contributed by atoms with Crippen molar-refractivity contribution in [3.63, 3.8) is 0 Å². The third-order valence-corrected chi connectivity index (χ3v) is 4.03. The van der Waals surface area contributed by atoms with Crippen molar-refractivity contribution in [1.82, 2.24) is 5.43 Å². The normalized spacial score (nSPS) is 10.8. The maximum Gasteiger partial charge on any atom is 0.275 e. The van der Waals surface area contributed by atoms with Crippen LogP contribution in [0.25, 0.3) is 0 Å². The molecule has 24 heavy (non-hydrogen) atoms. The van der Waals surface area contributed by atoms with E-state index in [1.54, 1.807) is 25.1 Å². The number of amides is 1. The van der Waals surface area contributed by atoms with Crippen LogP contribution in [-0.4, -0.2) is 28.9 Å². The van der Waals surface area contributed by atoms with Gasteiger partial charge in [-0.15, -0.1) is 0 Å². The van der Waals surface area contributed by atoms with Crippen LogP contribution in [0.4, 0.5) is 0 Å². The third kappa shape index (κ3) is 4.48. The minimum atomic E-state index is -0.548. The molecule has 0 saturated heterocycles. The molecule has 0 heterocycles. The number of carbonyl (C=O) groups excluding carboxylic acids is 1. The number of nitrogens with zero attached hydrogens (tertiary/aromatic N) is 1. The second kappa shape index (κ2) is 8.16. The maximum atomic E-state index is 12.0. The fourth-order valence-electron chi connectivity index (χ4n) is 1.85. The monoisotopic (exact) mass is 456 g/mol. The fourth-order valence-corrected chi connectivity index (χ4v) is 2.67. The van der Waals surface area contributed by atoms with Gasteiger partial charge in [-0.2, -0.15) is 5.10 Å². The summed E-state index contributed by atoms with van der Waals surface area (Å²) in [6, 6.07) is 7.75. The minimum absolute atomic E-state index is 0.00269. The van der Waals surface area contributed by atoms with E-state index in [0.29, 0.717) is 26.9 Å². The smallest absolute Gasteiger partial charge is 0.275 e. The van der Waals surface area contributed by atoms with Crippen LogP contribution in [0.2, 0.25) is 0 Å². The molecule has 0 fully saturated rings. The number of ether oxygens (including phenoxy) is 1. The van der Waals surface area contributed by atoms with Gasteiger partial charge >= 0.3 is 0 Å². The number of phenolic OH excluding ortho intramolecular Hbond substituents is 2. The zero-order valence-corrected chi connectivity index (χ0v) is 15.8. The molecule has 126 valence electrons. The lowest BCUT2D eigenvalue weighted by atomic mass is 10.2. The van der Waals surface area contributed by atoms with Crippen LogP contribution >= 0.6 is 31.9 Å². The average molecular weight is 458 g/mol. The summed E-state index contributed by atoms with van der Waals surface area (Å²) in [5.74, 6) is -0.383. The molecule has 2 aromatic rings. The van der Waals surface area contributed by atoms with Crippen LogP contribution in [0.5, 0.6) is 17.2 Å². The lowest BCUT2D eigenvalue weighted by molar-refractivity contribution is 0.0952. The van der Waals surface area contributed by atoms with Crippen LogP contribution in [-0.2, 0) is 0 Å². The highest BCUT2D eigenvalue weighted by Crippen LogP contribution is 2.35. The van der Waals surface area contributed by atoms with Crippen molar-refractivity contribution < 1.29 is 19.7 Å². The van der Waals surface area contributed by atoms with Crippen molar-refractivity contribution in [2.75, 3.05) is 6.61 Å². The summed E-state index contributed by atoms with van der Waals surface area (Å²) in [6.07, 6.45) is 1.40. The van der Waals surface area contributed by atoms with Crippen molar-refractivity contribution in [3.05, 3.63) is 50.4 Å². The van der Waals surface area contributed by atoms with Crippen LogP contribution in [0.3, 0.4) is 0 Å². The SMILES string of the molecule is CCOc1cc(/C=N\NC(=O)c2cc(Br)ccc2O)cc(Br)c1O. The number of benzene rings is 2. The first-order chi connectivity index (χ1) is 11.4. The van der Waals surface area contributed by atoms with Crippen molar-refractivity contribution >= 4 is 44.0 Å². The van der Waals surface area contributed by atoms with Gasteiger partial charge in [0.25, 0.3) is 5.91 Å². The van der Waals surface area contributed by atoms with E-state index < -0.39 is 5.91 Å². The van der Waals surface area contributed by atoms with Gasteiger partial charge in [0.1, 0.15) is 5.75 Å². The zero-order valence-electron chi connectivity index (χ0n) is 12.6. The van der Waals surface area contributed by atoms with Gasteiger partial charge in [0, 0.05) is 4.47 Å². The first-order valence-electron chi connectivity index (χ1n) is 6.89. The Morgan fingerprint density at radius 3 is 2.75 bits per heavy atom. The Kier molecular flexibility index (Phi) is 6.22. The van der Waals surface area contributed by atoms with Gasteiger partial charge in [-0.1, -0.05) is 15.9 Å². The first-order valence-corrected chi connectivity index (χ1v) is 8.48. The quantitative estimate of drug-likeness (QED) is 0.470. The highest BCUT2D eigenvalue weighted by molar-refractivity contribution is 9.10. The van der Waals surface area contributed by atoms with Crippen LogP contribution in [0, 0.1) is 0 Å². The van der Waals surface area contributed by atoms with Crippen molar-refractivity contribution in [2.24, 2.45) is 5.10 Å². The number of carbonyl (C=O) groups is 1. The number of phenols is 2. The van der Waals surface area contributed by atoms with E-state index >= 15 is 0 Å². The standard InChI is InChI=1S/C16H14Br2N2O4/c1-2-24-14-6-9(5-12(18)15(14)22)8-19-20-16(23)11-7-10(17)3-4-13(11)21/h3-8,21-22H,2H2,1H3,(H,20,23)/b19-8-. The molecule has 3 N–H and O–H groups in total. The van der Waals surface area contributed by atoms with E-state index in [4.69, 9.17) is 4.74 Å². The van der Waals surface area contributed by atoms with Gasteiger partial charge in [-0.3, -0.25) is 4.79 Å². The molecule has 2 aromatic carbocycles. The molecule has 0 aliphatic carbocycles. The summed E-state index contributed by atoms with van der Waals surface area (Å²) in [4.78, 5) is 12.0. The lowest BCUT2D eigenvalue weighted by Crippen LogP contribution is -2.17. The molecule has 0 aliphatic rings. The summed E-state index contributed by atoms with van der Waals surface area (Å²) < 4.78 is 6.43. The van der Waals surface area contributed by atoms with Crippen molar-refractivity contribution in [3.8, 4) is 17.2 Å². The third-order valence-electron chi connectivity index (χ3n) is 2.93. The summed E-state index contributed by atoms with van der Waals surface area (Å²) in [5, 5.41) is 23.4. The molecule has 0 saturated carbocycles. The molecule has 0 radical (unpaired) electrons. The molecule has 0 aliphatic heterocycles. The second-order valence-electron chi connectivity index (χ2n) is 4.64. The Bertz CT molecular complexity index is 794. The molecular formula is C16H14Br2N2O4. The Labute approximate surface area is 155 Å². The number of halogens is 2. The molecule has 2 rings (SSSR count). The van der Waals surface area contributed by atoms with Gasteiger partial charge in [0.2, 0.25) is 0 Å². The zero-order chi connectivity index (χ0) is 17.7. The van der Waals surface area contributed by atoms with E-state index in [2.05, 4.69) is 42.4 Å². The second-order valence-corrected chi connectivity index (χ2v) is 6.41. The molecule has 8 heteroatoms. The fraction of sp³-hybridized carbons (Fsp3) is 0.125. The predicted octanol–water partition coefficient (Wildman–Crippen LogP) is 3.79. The number of aromatic hydroxyl groups is 2. The topological polar surface area (TPSA) is 91.2 Å². The van der Waals surface area contributed by atoms with Crippen LogP contribution < -0.4 is 10.2 Å². The summed E-state index contributed by atoms with van der Waals surface area (Å²) >= 11 is 6.46. The highest BCUT2D eigenvalue weighted by Gasteiger charge is 2.11. The van der Waals surface area contributed by atoms with E-state index in [1.807, 2.05) is 0 Å².